The first-order valence-corrected chi connectivity index (χ1v) is 6.04. The highest BCUT2D eigenvalue weighted by Crippen LogP contribution is 2.10. The van der Waals surface area contributed by atoms with E-state index in [1.54, 1.807) is 0 Å². The summed E-state index contributed by atoms with van der Waals surface area (Å²) in [6.07, 6.45) is 12.4. The zero-order chi connectivity index (χ0) is 11.1. The molecule has 1 aliphatic rings. The molecular weight excluding hydrogens is 182 g/mol. The molecule has 1 rings (SSSR count). The molecule has 15 heavy (non-hydrogen) atoms. The molecule has 0 spiro atoms. The Morgan fingerprint density at radius 3 is 2.73 bits per heavy atom. The molecule has 84 valence electrons. The van der Waals surface area contributed by atoms with E-state index in [-0.39, 0.29) is 0 Å². The smallest absolute Gasteiger partial charge is 0.0233 e. The van der Waals surface area contributed by atoms with Crippen molar-refractivity contribution in [3.8, 4) is 0 Å². The molecule has 0 amide bonds. The van der Waals surface area contributed by atoms with Gasteiger partial charge in [-0.25, -0.2) is 0 Å². The van der Waals surface area contributed by atoms with Crippen molar-refractivity contribution in [2.24, 2.45) is 5.92 Å². The van der Waals surface area contributed by atoms with Gasteiger partial charge in [-0.05, 0) is 31.0 Å². The fourth-order valence-electron chi connectivity index (χ4n) is 1.78. The van der Waals surface area contributed by atoms with Gasteiger partial charge in [-0.1, -0.05) is 51.2 Å². The summed E-state index contributed by atoms with van der Waals surface area (Å²) in [6.45, 7) is 10.1. The first-order chi connectivity index (χ1) is 7.26. The maximum atomic E-state index is 2.49. The molecule has 0 radical (unpaired) electrons. The van der Waals surface area contributed by atoms with Crippen LogP contribution >= 0.6 is 0 Å². The molecule has 1 nitrogen and oxygen atoms in total. The molecule has 0 saturated carbocycles. The molecule has 1 atom stereocenters. The first kappa shape index (κ1) is 12.3. The average Bonchev–Trinajstić information content (AvgIpc) is 2.43. The predicted octanol–water partition coefficient (Wildman–Crippen LogP) is 3.41. The van der Waals surface area contributed by atoms with Gasteiger partial charge in [-0.15, -0.1) is 0 Å². The third kappa shape index (κ3) is 4.48. The number of hydrogen-bond donors (Lipinski definition) is 0. The van der Waals surface area contributed by atoms with Gasteiger partial charge < -0.3 is 0 Å². The second-order valence-corrected chi connectivity index (χ2v) is 4.21. The molecule has 0 aliphatic heterocycles. The molecule has 0 fully saturated rings. The Morgan fingerprint density at radius 1 is 1.27 bits per heavy atom. The Morgan fingerprint density at radius 2 is 2.07 bits per heavy atom. The number of allylic oxidation sites excluding steroid dienone is 4. The molecule has 0 bridgehead atoms. The SMILES string of the molecule is CCCN(CC)CC1=CC=CC(C)C=C1. The number of rotatable bonds is 5. The second kappa shape index (κ2) is 6.62. The minimum absolute atomic E-state index is 0.569. The van der Waals surface area contributed by atoms with Crippen molar-refractivity contribution in [1.29, 1.82) is 0 Å². The van der Waals surface area contributed by atoms with E-state index in [4.69, 9.17) is 0 Å². The van der Waals surface area contributed by atoms with Gasteiger partial charge in [-0.3, -0.25) is 4.90 Å². The lowest BCUT2D eigenvalue weighted by molar-refractivity contribution is 0.315. The van der Waals surface area contributed by atoms with Crippen LogP contribution in [-0.4, -0.2) is 24.5 Å². The van der Waals surface area contributed by atoms with Crippen LogP contribution in [0.4, 0.5) is 0 Å². The minimum Gasteiger partial charge on any atom is -0.299 e. The lowest BCUT2D eigenvalue weighted by Crippen LogP contribution is -2.26. The normalized spacial score (nSPS) is 20.5. The van der Waals surface area contributed by atoms with Crippen molar-refractivity contribution in [1.82, 2.24) is 4.90 Å². The molecule has 0 aromatic carbocycles. The molecule has 1 heteroatoms. The van der Waals surface area contributed by atoms with Crippen LogP contribution in [0.15, 0.2) is 36.0 Å². The van der Waals surface area contributed by atoms with E-state index >= 15 is 0 Å². The maximum Gasteiger partial charge on any atom is 0.0233 e. The highest BCUT2D eigenvalue weighted by Gasteiger charge is 2.03. The van der Waals surface area contributed by atoms with Gasteiger partial charge in [0.2, 0.25) is 0 Å². The van der Waals surface area contributed by atoms with Crippen molar-refractivity contribution in [3.63, 3.8) is 0 Å². The van der Waals surface area contributed by atoms with E-state index in [0.29, 0.717) is 5.92 Å². The van der Waals surface area contributed by atoms with Crippen LogP contribution in [0.5, 0.6) is 0 Å². The molecule has 0 saturated heterocycles. The van der Waals surface area contributed by atoms with Crippen molar-refractivity contribution >= 4 is 0 Å². The number of hydrogen-bond acceptors (Lipinski definition) is 1. The standard InChI is InChI=1S/C14H23N/c1-4-11-15(5-2)12-14-8-6-7-13(3)9-10-14/h6-10,13H,4-5,11-12H2,1-3H3. The van der Waals surface area contributed by atoms with Crippen LogP contribution in [0.1, 0.15) is 27.2 Å². The van der Waals surface area contributed by atoms with E-state index in [9.17, 15) is 0 Å². The summed E-state index contributed by atoms with van der Waals surface area (Å²) < 4.78 is 0. The highest BCUT2D eigenvalue weighted by molar-refractivity contribution is 5.29. The van der Waals surface area contributed by atoms with Gasteiger partial charge in [0, 0.05) is 6.54 Å². The van der Waals surface area contributed by atoms with Crippen LogP contribution < -0.4 is 0 Å². The molecular formula is C14H23N. The topological polar surface area (TPSA) is 3.24 Å². The fourth-order valence-corrected chi connectivity index (χ4v) is 1.78. The average molecular weight is 205 g/mol. The van der Waals surface area contributed by atoms with E-state index in [0.717, 1.165) is 13.1 Å². The molecule has 0 N–H and O–H groups in total. The number of nitrogens with zero attached hydrogens (tertiary/aromatic N) is 1. The summed E-state index contributed by atoms with van der Waals surface area (Å²) in [4.78, 5) is 2.49. The van der Waals surface area contributed by atoms with Gasteiger partial charge >= 0.3 is 0 Å². The summed E-state index contributed by atoms with van der Waals surface area (Å²) in [5, 5.41) is 0. The molecule has 1 unspecified atom stereocenters. The Hall–Kier alpha value is -0.820. The third-order valence-corrected chi connectivity index (χ3v) is 2.73. The van der Waals surface area contributed by atoms with Gasteiger partial charge in [0.05, 0.1) is 0 Å². The Labute approximate surface area is 94.2 Å². The van der Waals surface area contributed by atoms with Crippen LogP contribution in [0, 0.1) is 5.92 Å². The number of likely N-dealkylation sites (N-methyl/N-ethyl adjacent to an activating group) is 1. The van der Waals surface area contributed by atoms with Crippen molar-refractivity contribution < 1.29 is 0 Å². The summed E-state index contributed by atoms with van der Waals surface area (Å²) in [7, 11) is 0. The lowest BCUT2D eigenvalue weighted by Gasteiger charge is -2.19. The molecule has 1 aliphatic carbocycles. The quantitative estimate of drug-likeness (QED) is 0.665. The summed E-state index contributed by atoms with van der Waals surface area (Å²) >= 11 is 0. The Bertz CT molecular complexity index is 261. The van der Waals surface area contributed by atoms with Crippen molar-refractivity contribution in [2.45, 2.75) is 27.2 Å². The van der Waals surface area contributed by atoms with Crippen LogP contribution in [0.25, 0.3) is 0 Å². The van der Waals surface area contributed by atoms with Gasteiger partial charge in [0.15, 0.2) is 0 Å². The van der Waals surface area contributed by atoms with Crippen LogP contribution in [0.3, 0.4) is 0 Å². The largest absolute Gasteiger partial charge is 0.299 e. The third-order valence-electron chi connectivity index (χ3n) is 2.73. The Balaban J connectivity index is 2.53. The Kier molecular flexibility index (Phi) is 5.41. The van der Waals surface area contributed by atoms with E-state index in [2.05, 4.69) is 56.1 Å². The van der Waals surface area contributed by atoms with Crippen molar-refractivity contribution in [2.75, 3.05) is 19.6 Å². The minimum atomic E-state index is 0.569. The molecule has 0 aromatic rings. The molecule has 0 aromatic heterocycles. The second-order valence-electron chi connectivity index (χ2n) is 4.21. The van der Waals surface area contributed by atoms with Crippen LogP contribution in [-0.2, 0) is 0 Å². The summed E-state index contributed by atoms with van der Waals surface area (Å²) in [6, 6.07) is 0. The highest BCUT2D eigenvalue weighted by atomic mass is 15.1. The van der Waals surface area contributed by atoms with Gasteiger partial charge in [0.25, 0.3) is 0 Å². The monoisotopic (exact) mass is 205 g/mol. The first-order valence-electron chi connectivity index (χ1n) is 6.04. The zero-order valence-electron chi connectivity index (χ0n) is 10.2. The van der Waals surface area contributed by atoms with E-state index < -0.39 is 0 Å². The van der Waals surface area contributed by atoms with Crippen LogP contribution in [0.2, 0.25) is 0 Å². The fraction of sp³-hybridized carbons (Fsp3) is 0.571. The zero-order valence-corrected chi connectivity index (χ0v) is 10.2. The van der Waals surface area contributed by atoms with Crippen molar-refractivity contribution in [3.05, 3.63) is 36.0 Å². The predicted molar refractivity (Wildman–Crippen MR) is 67.9 cm³/mol. The van der Waals surface area contributed by atoms with E-state index in [1.807, 2.05) is 0 Å². The maximum absolute atomic E-state index is 2.49. The van der Waals surface area contributed by atoms with E-state index in [1.165, 1.54) is 18.5 Å². The summed E-state index contributed by atoms with van der Waals surface area (Å²) in [5.41, 5.74) is 1.42. The van der Waals surface area contributed by atoms with Gasteiger partial charge in [0.1, 0.15) is 0 Å². The molecule has 0 heterocycles. The lowest BCUT2D eigenvalue weighted by atomic mass is 10.1. The van der Waals surface area contributed by atoms with Gasteiger partial charge in [-0.2, -0.15) is 0 Å². The summed E-state index contributed by atoms with van der Waals surface area (Å²) in [5.74, 6) is 0.569.